The SMILES string of the molecule is COc1ccc(N(Cc2ccccc2Cl)S(=O)(=O)c2ccccc2)c(OC)c1. The number of benzene rings is 3. The molecule has 0 unspecified atom stereocenters. The van der Waals surface area contributed by atoms with Crippen molar-refractivity contribution in [3.8, 4) is 11.5 Å². The van der Waals surface area contributed by atoms with E-state index in [0.717, 1.165) is 0 Å². The highest BCUT2D eigenvalue weighted by atomic mass is 35.5. The van der Waals surface area contributed by atoms with Gasteiger partial charge in [-0.05, 0) is 35.9 Å². The Morgan fingerprint density at radius 2 is 1.57 bits per heavy atom. The molecule has 146 valence electrons. The fourth-order valence-corrected chi connectivity index (χ4v) is 4.46. The van der Waals surface area contributed by atoms with E-state index in [0.29, 0.717) is 27.8 Å². The maximum atomic E-state index is 13.5. The molecule has 0 saturated carbocycles. The minimum absolute atomic E-state index is 0.0551. The largest absolute Gasteiger partial charge is 0.497 e. The van der Waals surface area contributed by atoms with Gasteiger partial charge in [-0.25, -0.2) is 8.42 Å². The summed E-state index contributed by atoms with van der Waals surface area (Å²) in [6.07, 6.45) is 0. The molecule has 7 heteroatoms. The van der Waals surface area contributed by atoms with Gasteiger partial charge >= 0.3 is 0 Å². The topological polar surface area (TPSA) is 55.8 Å². The van der Waals surface area contributed by atoms with Crippen LogP contribution in [0, 0.1) is 0 Å². The highest BCUT2D eigenvalue weighted by Crippen LogP contribution is 2.37. The minimum Gasteiger partial charge on any atom is -0.497 e. The van der Waals surface area contributed by atoms with Gasteiger partial charge in [0.25, 0.3) is 10.0 Å². The predicted molar refractivity (Wildman–Crippen MR) is 111 cm³/mol. The van der Waals surface area contributed by atoms with Gasteiger partial charge < -0.3 is 9.47 Å². The van der Waals surface area contributed by atoms with E-state index in [2.05, 4.69) is 0 Å². The molecule has 0 atom stereocenters. The number of hydrogen-bond donors (Lipinski definition) is 0. The Morgan fingerprint density at radius 3 is 2.21 bits per heavy atom. The van der Waals surface area contributed by atoms with Crippen LogP contribution in [0.4, 0.5) is 5.69 Å². The maximum absolute atomic E-state index is 13.5. The maximum Gasteiger partial charge on any atom is 0.264 e. The summed E-state index contributed by atoms with van der Waals surface area (Å²) < 4.78 is 38.9. The predicted octanol–water partition coefficient (Wildman–Crippen LogP) is 4.75. The smallest absolute Gasteiger partial charge is 0.264 e. The average molecular weight is 418 g/mol. The quantitative estimate of drug-likeness (QED) is 0.556. The van der Waals surface area contributed by atoms with Crippen LogP contribution in [0.25, 0.3) is 0 Å². The molecule has 0 bridgehead atoms. The van der Waals surface area contributed by atoms with Crippen LogP contribution in [-0.2, 0) is 16.6 Å². The molecule has 0 aliphatic carbocycles. The van der Waals surface area contributed by atoms with Gasteiger partial charge in [-0.2, -0.15) is 0 Å². The van der Waals surface area contributed by atoms with E-state index in [1.54, 1.807) is 66.7 Å². The molecule has 28 heavy (non-hydrogen) atoms. The Labute approximate surface area is 170 Å². The van der Waals surface area contributed by atoms with Crippen molar-refractivity contribution in [2.24, 2.45) is 0 Å². The first-order valence-electron chi connectivity index (χ1n) is 8.50. The molecule has 0 amide bonds. The van der Waals surface area contributed by atoms with E-state index in [4.69, 9.17) is 21.1 Å². The lowest BCUT2D eigenvalue weighted by atomic mass is 10.2. The molecule has 0 aromatic heterocycles. The normalized spacial score (nSPS) is 11.1. The average Bonchev–Trinajstić information content (AvgIpc) is 2.73. The fourth-order valence-electron chi connectivity index (χ4n) is 2.79. The van der Waals surface area contributed by atoms with Crippen LogP contribution in [-0.4, -0.2) is 22.6 Å². The Morgan fingerprint density at radius 1 is 0.893 bits per heavy atom. The Bertz CT molecular complexity index is 1060. The molecule has 0 fully saturated rings. The van der Waals surface area contributed by atoms with Crippen molar-refractivity contribution in [2.75, 3.05) is 18.5 Å². The molecule has 5 nitrogen and oxygen atoms in total. The van der Waals surface area contributed by atoms with Crippen molar-refractivity contribution in [1.82, 2.24) is 0 Å². The molecule has 3 rings (SSSR count). The summed E-state index contributed by atoms with van der Waals surface area (Å²) in [5, 5.41) is 0.489. The molecule has 0 N–H and O–H groups in total. The summed E-state index contributed by atoms with van der Waals surface area (Å²) >= 11 is 6.30. The number of ether oxygens (including phenoxy) is 2. The van der Waals surface area contributed by atoms with Gasteiger partial charge in [-0.15, -0.1) is 0 Å². The van der Waals surface area contributed by atoms with Crippen molar-refractivity contribution < 1.29 is 17.9 Å². The van der Waals surface area contributed by atoms with E-state index in [9.17, 15) is 8.42 Å². The lowest BCUT2D eigenvalue weighted by Gasteiger charge is -2.27. The molecule has 0 aliphatic heterocycles. The second kappa shape index (κ2) is 8.54. The van der Waals surface area contributed by atoms with Crippen LogP contribution in [0.3, 0.4) is 0 Å². The first-order valence-corrected chi connectivity index (χ1v) is 10.3. The molecule has 3 aromatic rings. The van der Waals surface area contributed by atoms with Crippen molar-refractivity contribution in [1.29, 1.82) is 0 Å². The highest BCUT2D eigenvalue weighted by molar-refractivity contribution is 7.92. The number of anilines is 1. The van der Waals surface area contributed by atoms with Gasteiger partial charge in [-0.3, -0.25) is 4.31 Å². The van der Waals surface area contributed by atoms with E-state index in [1.165, 1.54) is 18.5 Å². The monoisotopic (exact) mass is 417 g/mol. The highest BCUT2D eigenvalue weighted by Gasteiger charge is 2.28. The molecule has 0 heterocycles. The molecule has 0 saturated heterocycles. The number of hydrogen-bond acceptors (Lipinski definition) is 4. The van der Waals surface area contributed by atoms with E-state index in [1.807, 2.05) is 6.07 Å². The third-order valence-electron chi connectivity index (χ3n) is 4.26. The summed E-state index contributed by atoms with van der Waals surface area (Å²) in [5.74, 6) is 0.946. The molecular weight excluding hydrogens is 398 g/mol. The second-order valence-corrected chi connectivity index (χ2v) is 8.22. The molecule has 0 radical (unpaired) electrons. The molecule has 3 aromatic carbocycles. The third-order valence-corrected chi connectivity index (χ3v) is 6.40. The van der Waals surface area contributed by atoms with E-state index < -0.39 is 10.0 Å². The third kappa shape index (κ3) is 4.08. The summed E-state index contributed by atoms with van der Waals surface area (Å²) in [6.45, 7) is 0.0551. The number of nitrogens with zero attached hydrogens (tertiary/aromatic N) is 1. The van der Waals surface area contributed by atoms with Gasteiger partial charge in [-0.1, -0.05) is 48.0 Å². The zero-order valence-corrected chi connectivity index (χ0v) is 17.1. The van der Waals surface area contributed by atoms with Crippen molar-refractivity contribution in [3.63, 3.8) is 0 Å². The van der Waals surface area contributed by atoms with Crippen molar-refractivity contribution in [2.45, 2.75) is 11.4 Å². The standard InChI is InChI=1S/C21H20ClNO4S/c1-26-17-12-13-20(21(14-17)27-2)23(15-16-8-6-7-11-19(16)22)28(24,25)18-9-4-3-5-10-18/h3-14H,15H2,1-2H3. The van der Waals surface area contributed by atoms with E-state index in [-0.39, 0.29) is 11.4 Å². The lowest BCUT2D eigenvalue weighted by molar-refractivity contribution is 0.394. The van der Waals surface area contributed by atoms with Crippen molar-refractivity contribution >= 4 is 27.3 Å². The number of rotatable bonds is 7. The first-order chi connectivity index (χ1) is 13.5. The van der Waals surface area contributed by atoms with Gasteiger partial charge in [0.1, 0.15) is 11.5 Å². The summed E-state index contributed by atoms with van der Waals surface area (Å²) in [4.78, 5) is 0.180. The zero-order chi connectivity index (χ0) is 20.1. The summed E-state index contributed by atoms with van der Waals surface area (Å²) in [7, 11) is -0.842. The van der Waals surface area contributed by atoms with Crippen LogP contribution >= 0.6 is 11.6 Å². The molecular formula is C21H20ClNO4S. The van der Waals surface area contributed by atoms with Crippen LogP contribution in [0.15, 0.2) is 77.7 Å². The Hall–Kier alpha value is -2.70. The lowest BCUT2D eigenvalue weighted by Crippen LogP contribution is -2.31. The second-order valence-electron chi connectivity index (χ2n) is 5.95. The number of halogens is 1. The Balaban J connectivity index is 2.17. The van der Waals surface area contributed by atoms with E-state index >= 15 is 0 Å². The zero-order valence-electron chi connectivity index (χ0n) is 15.5. The van der Waals surface area contributed by atoms with Gasteiger partial charge in [0, 0.05) is 11.1 Å². The van der Waals surface area contributed by atoms with Gasteiger partial charge in [0.2, 0.25) is 0 Å². The fraction of sp³-hybridized carbons (Fsp3) is 0.143. The number of sulfonamides is 1. The van der Waals surface area contributed by atoms with Crippen LogP contribution in [0.1, 0.15) is 5.56 Å². The van der Waals surface area contributed by atoms with Crippen LogP contribution < -0.4 is 13.8 Å². The molecule has 0 aliphatic rings. The minimum atomic E-state index is -3.87. The van der Waals surface area contributed by atoms with Crippen molar-refractivity contribution in [3.05, 3.63) is 83.4 Å². The van der Waals surface area contributed by atoms with Gasteiger partial charge in [0.05, 0.1) is 31.3 Å². The molecule has 0 spiro atoms. The summed E-state index contributed by atoms with van der Waals surface area (Å²) in [6, 6.07) is 20.4. The summed E-state index contributed by atoms with van der Waals surface area (Å²) in [5.41, 5.74) is 1.08. The Kier molecular flexibility index (Phi) is 6.11. The van der Waals surface area contributed by atoms with Crippen LogP contribution in [0.5, 0.6) is 11.5 Å². The van der Waals surface area contributed by atoms with Crippen LogP contribution in [0.2, 0.25) is 5.02 Å². The van der Waals surface area contributed by atoms with Gasteiger partial charge in [0.15, 0.2) is 0 Å². The first kappa shape index (κ1) is 20.0. The number of methoxy groups -OCH3 is 2.